The van der Waals surface area contributed by atoms with Crippen LogP contribution < -0.4 is 9.47 Å². The molecule has 0 saturated carbocycles. The second-order valence-corrected chi connectivity index (χ2v) is 7.02. The van der Waals surface area contributed by atoms with E-state index in [1.165, 1.54) is 0 Å². The summed E-state index contributed by atoms with van der Waals surface area (Å²) in [6.45, 7) is 2.10. The molecule has 0 unspecified atom stereocenters. The normalized spacial score (nSPS) is 14.0. The standard InChI is InChI=1S/C23H24N4O3/c1-29-21-12-5-11-19-16-26(13-7-15-30-22(19)21)23(28)20-17-27(25-24-20)14-6-10-18-8-3-2-4-9-18/h2-6,8-12,17H,7,13-16H2,1H3/b10-6+. The van der Waals surface area contributed by atoms with Crippen molar-refractivity contribution in [1.29, 1.82) is 0 Å². The van der Waals surface area contributed by atoms with Crippen LogP contribution in [0.15, 0.2) is 60.8 Å². The Morgan fingerprint density at radius 2 is 2.07 bits per heavy atom. The number of para-hydroxylation sites is 1. The molecule has 0 bridgehead atoms. The highest BCUT2D eigenvalue weighted by Crippen LogP contribution is 2.33. The third-order valence-corrected chi connectivity index (χ3v) is 4.91. The summed E-state index contributed by atoms with van der Waals surface area (Å²) in [6, 6.07) is 15.8. The zero-order valence-corrected chi connectivity index (χ0v) is 16.9. The summed E-state index contributed by atoms with van der Waals surface area (Å²) < 4.78 is 12.9. The second-order valence-electron chi connectivity index (χ2n) is 7.02. The lowest BCUT2D eigenvalue weighted by atomic mass is 10.1. The molecule has 0 saturated heterocycles. The Bertz CT molecular complexity index is 1030. The Morgan fingerprint density at radius 1 is 1.20 bits per heavy atom. The van der Waals surface area contributed by atoms with Crippen molar-refractivity contribution < 1.29 is 14.3 Å². The van der Waals surface area contributed by atoms with Gasteiger partial charge in [0.15, 0.2) is 17.2 Å². The largest absolute Gasteiger partial charge is 0.493 e. The van der Waals surface area contributed by atoms with Gasteiger partial charge in [-0.1, -0.05) is 59.8 Å². The van der Waals surface area contributed by atoms with Gasteiger partial charge in [0.05, 0.1) is 26.5 Å². The third kappa shape index (κ3) is 4.51. The summed E-state index contributed by atoms with van der Waals surface area (Å²) in [6.07, 6.45) is 6.44. The van der Waals surface area contributed by atoms with Crippen molar-refractivity contribution in [2.45, 2.75) is 19.5 Å². The summed E-state index contributed by atoms with van der Waals surface area (Å²) in [5.74, 6) is 1.24. The first-order valence-corrected chi connectivity index (χ1v) is 9.94. The molecule has 3 aromatic rings. The fourth-order valence-electron chi connectivity index (χ4n) is 3.41. The summed E-state index contributed by atoms with van der Waals surface area (Å²) in [5, 5.41) is 8.19. The van der Waals surface area contributed by atoms with E-state index in [4.69, 9.17) is 9.47 Å². The molecule has 0 spiro atoms. The number of ether oxygens (including phenoxy) is 2. The summed E-state index contributed by atoms with van der Waals surface area (Å²) >= 11 is 0. The molecule has 4 rings (SSSR count). The third-order valence-electron chi connectivity index (χ3n) is 4.91. The molecule has 0 N–H and O–H groups in total. The van der Waals surface area contributed by atoms with E-state index in [-0.39, 0.29) is 5.91 Å². The van der Waals surface area contributed by atoms with Gasteiger partial charge in [-0.2, -0.15) is 0 Å². The molecular weight excluding hydrogens is 380 g/mol. The Kier molecular flexibility index (Phi) is 6.08. The SMILES string of the molecule is COc1cccc2c1OCCCN(C(=O)c1cn(C/C=C/c3ccccc3)nn1)C2. The lowest BCUT2D eigenvalue weighted by molar-refractivity contribution is 0.0715. The Morgan fingerprint density at radius 3 is 2.90 bits per heavy atom. The first-order valence-electron chi connectivity index (χ1n) is 9.94. The monoisotopic (exact) mass is 404 g/mol. The van der Waals surface area contributed by atoms with E-state index < -0.39 is 0 Å². The van der Waals surface area contributed by atoms with E-state index in [1.807, 2.05) is 60.7 Å². The molecule has 2 aromatic carbocycles. The van der Waals surface area contributed by atoms with Crippen LogP contribution >= 0.6 is 0 Å². The van der Waals surface area contributed by atoms with E-state index in [0.717, 1.165) is 17.5 Å². The van der Waals surface area contributed by atoms with E-state index in [1.54, 1.807) is 22.9 Å². The maximum atomic E-state index is 13.1. The van der Waals surface area contributed by atoms with Crippen molar-refractivity contribution in [2.24, 2.45) is 0 Å². The maximum Gasteiger partial charge on any atom is 0.276 e. The molecule has 0 aliphatic carbocycles. The van der Waals surface area contributed by atoms with Crippen LogP contribution in [0.4, 0.5) is 0 Å². The minimum atomic E-state index is -0.135. The van der Waals surface area contributed by atoms with Gasteiger partial charge in [0, 0.05) is 18.7 Å². The van der Waals surface area contributed by atoms with Crippen LogP contribution in [0.25, 0.3) is 6.08 Å². The summed E-state index contributed by atoms with van der Waals surface area (Å²) in [5.41, 5.74) is 2.38. The fraction of sp³-hybridized carbons (Fsp3) is 0.261. The number of hydrogen-bond donors (Lipinski definition) is 0. The number of fused-ring (bicyclic) bond motifs is 1. The average molecular weight is 404 g/mol. The van der Waals surface area contributed by atoms with Gasteiger partial charge in [-0.3, -0.25) is 4.79 Å². The number of carbonyl (C=O) groups excluding carboxylic acids is 1. The molecule has 0 fully saturated rings. The topological polar surface area (TPSA) is 69.5 Å². The highest BCUT2D eigenvalue weighted by atomic mass is 16.5. The predicted octanol–water partition coefficient (Wildman–Crippen LogP) is 3.43. The van der Waals surface area contributed by atoms with Gasteiger partial charge >= 0.3 is 0 Å². The van der Waals surface area contributed by atoms with Crippen LogP contribution in [-0.2, 0) is 13.1 Å². The van der Waals surface area contributed by atoms with Crippen LogP contribution in [-0.4, -0.2) is 46.1 Å². The van der Waals surface area contributed by atoms with Gasteiger partial charge in [-0.05, 0) is 18.1 Å². The lowest BCUT2D eigenvalue weighted by Crippen LogP contribution is -2.34. The molecule has 30 heavy (non-hydrogen) atoms. The number of amides is 1. The molecule has 2 heterocycles. The van der Waals surface area contributed by atoms with Crippen LogP contribution in [0.5, 0.6) is 11.5 Å². The van der Waals surface area contributed by atoms with Crippen molar-refractivity contribution in [2.75, 3.05) is 20.3 Å². The molecular formula is C23H24N4O3. The van der Waals surface area contributed by atoms with Crippen molar-refractivity contribution in [3.8, 4) is 11.5 Å². The number of carbonyl (C=O) groups is 1. The van der Waals surface area contributed by atoms with Gasteiger partial charge in [0.2, 0.25) is 0 Å². The minimum Gasteiger partial charge on any atom is -0.493 e. The Balaban J connectivity index is 1.45. The summed E-state index contributed by atoms with van der Waals surface area (Å²) in [4.78, 5) is 14.8. The predicted molar refractivity (Wildman–Crippen MR) is 113 cm³/mol. The van der Waals surface area contributed by atoms with Gasteiger partial charge < -0.3 is 14.4 Å². The fourth-order valence-corrected chi connectivity index (χ4v) is 3.41. The molecule has 154 valence electrons. The number of benzene rings is 2. The molecule has 0 atom stereocenters. The summed E-state index contributed by atoms with van der Waals surface area (Å²) in [7, 11) is 1.62. The number of methoxy groups -OCH3 is 1. The number of aromatic nitrogens is 3. The van der Waals surface area contributed by atoms with Crippen LogP contribution in [0.1, 0.15) is 28.0 Å². The van der Waals surface area contributed by atoms with Crippen LogP contribution in [0.2, 0.25) is 0 Å². The number of rotatable bonds is 5. The smallest absolute Gasteiger partial charge is 0.276 e. The van der Waals surface area contributed by atoms with Crippen molar-refractivity contribution >= 4 is 12.0 Å². The van der Waals surface area contributed by atoms with E-state index >= 15 is 0 Å². The van der Waals surface area contributed by atoms with Gasteiger partial charge in [-0.15, -0.1) is 5.10 Å². The van der Waals surface area contributed by atoms with Crippen molar-refractivity contribution in [3.05, 3.63) is 77.6 Å². The maximum absolute atomic E-state index is 13.1. The lowest BCUT2D eigenvalue weighted by Gasteiger charge is -2.26. The molecule has 1 aliphatic heterocycles. The molecule has 1 aliphatic rings. The molecule has 7 nitrogen and oxygen atoms in total. The molecule has 0 radical (unpaired) electrons. The Hall–Kier alpha value is -3.61. The zero-order valence-electron chi connectivity index (χ0n) is 16.9. The van der Waals surface area contributed by atoms with Gasteiger partial charge in [0.25, 0.3) is 5.91 Å². The van der Waals surface area contributed by atoms with E-state index in [2.05, 4.69) is 10.3 Å². The van der Waals surface area contributed by atoms with Crippen LogP contribution in [0.3, 0.4) is 0 Å². The molecule has 1 aromatic heterocycles. The van der Waals surface area contributed by atoms with Gasteiger partial charge in [-0.25, -0.2) is 4.68 Å². The highest BCUT2D eigenvalue weighted by molar-refractivity contribution is 5.92. The average Bonchev–Trinajstić information content (AvgIpc) is 3.23. The van der Waals surface area contributed by atoms with E-state index in [9.17, 15) is 4.79 Å². The Labute approximate surface area is 175 Å². The second kappa shape index (κ2) is 9.26. The molecule has 1 amide bonds. The number of nitrogens with zero attached hydrogens (tertiary/aromatic N) is 4. The first-order chi connectivity index (χ1) is 14.7. The van der Waals surface area contributed by atoms with E-state index in [0.29, 0.717) is 43.4 Å². The van der Waals surface area contributed by atoms with Crippen molar-refractivity contribution in [3.63, 3.8) is 0 Å². The first kappa shape index (κ1) is 19.7. The number of allylic oxidation sites excluding steroid dienone is 1. The van der Waals surface area contributed by atoms with Gasteiger partial charge in [0.1, 0.15) is 0 Å². The quantitative estimate of drug-likeness (QED) is 0.652. The minimum absolute atomic E-state index is 0.135. The number of hydrogen-bond acceptors (Lipinski definition) is 5. The molecule has 7 heteroatoms. The van der Waals surface area contributed by atoms with Crippen molar-refractivity contribution in [1.82, 2.24) is 19.9 Å². The highest BCUT2D eigenvalue weighted by Gasteiger charge is 2.23. The zero-order chi connectivity index (χ0) is 20.8. The van der Waals surface area contributed by atoms with Crippen LogP contribution in [0, 0.1) is 0 Å².